The zero-order chi connectivity index (χ0) is 9.52. The van der Waals surface area contributed by atoms with Crippen LogP contribution >= 0.6 is 0 Å². The highest BCUT2D eigenvalue weighted by Gasteiger charge is 2.02. The Morgan fingerprint density at radius 2 is 1.86 bits per heavy atom. The zero-order valence-corrected chi connectivity index (χ0v) is 9.08. The van der Waals surface area contributed by atoms with Crippen molar-refractivity contribution >= 4 is 0 Å². The number of rotatable bonds is 5. The minimum absolute atomic E-state index is 0. The molecular weight excluding hydrogens is 172 g/mol. The van der Waals surface area contributed by atoms with Gasteiger partial charge < -0.3 is 11.9 Å². The van der Waals surface area contributed by atoms with Gasteiger partial charge in [-0.2, -0.15) is 0 Å². The first-order valence-corrected chi connectivity index (χ1v) is 5.12. The standard InChI is InChI=1S/C12H19N.H3N/c1-2-3-9-12(13)10-11-7-5-4-6-8-11;/h4-8,12H,2-3,9-10,13H2,1H3;1H3. The number of benzene rings is 1. The minimum atomic E-state index is 0. The molecule has 80 valence electrons. The summed E-state index contributed by atoms with van der Waals surface area (Å²) in [5.41, 5.74) is 7.34. The van der Waals surface area contributed by atoms with Crippen LogP contribution in [-0.4, -0.2) is 6.04 Å². The third-order valence-corrected chi connectivity index (χ3v) is 2.27. The Hall–Kier alpha value is -0.860. The second kappa shape index (κ2) is 7.54. The predicted molar refractivity (Wildman–Crippen MR) is 62.7 cm³/mol. The lowest BCUT2D eigenvalue weighted by Gasteiger charge is -2.10. The van der Waals surface area contributed by atoms with E-state index in [1.54, 1.807) is 0 Å². The summed E-state index contributed by atoms with van der Waals surface area (Å²) in [7, 11) is 0. The van der Waals surface area contributed by atoms with Crippen molar-refractivity contribution in [3.05, 3.63) is 35.9 Å². The van der Waals surface area contributed by atoms with E-state index in [1.807, 2.05) is 6.07 Å². The molecule has 1 aromatic carbocycles. The summed E-state index contributed by atoms with van der Waals surface area (Å²) < 4.78 is 0. The van der Waals surface area contributed by atoms with E-state index in [0.29, 0.717) is 6.04 Å². The van der Waals surface area contributed by atoms with E-state index in [-0.39, 0.29) is 6.15 Å². The van der Waals surface area contributed by atoms with Gasteiger partial charge in [-0.1, -0.05) is 50.1 Å². The Morgan fingerprint density at radius 1 is 1.21 bits per heavy atom. The van der Waals surface area contributed by atoms with E-state index in [1.165, 1.54) is 18.4 Å². The average molecular weight is 194 g/mol. The summed E-state index contributed by atoms with van der Waals surface area (Å²) >= 11 is 0. The molecular formula is C12H22N2. The van der Waals surface area contributed by atoms with Crippen molar-refractivity contribution in [2.24, 2.45) is 5.73 Å². The van der Waals surface area contributed by atoms with Crippen LogP contribution in [0, 0.1) is 0 Å². The third-order valence-electron chi connectivity index (χ3n) is 2.27. The average Bonchev–Trinajstić information content (AvgIpc) is 2.16. The van der Waals surface area contributed by atoms with E-state index in [2.05, 4.69) is 31.2 Å². The van der Waals surface area contributed by atoms with Crippen molar-refractivity contribution in [2.75, 3.05) is 0 Å². The highest BCUT2D eigenvalue weighted by Crippen LogP contribution is 2.06. The molecule has 1 unspecified atom stereocenters. The van der Waals surface area contributed by atoms with E-state index in [4.69, 9.17) is 5.73 Å². The number of unbranched alkanes of at least 4 members (excludes halogenated alkanes) is 1. The zero-order valence-electron chi connectivity index (χ0n) is 9.08. The molecule has 2 heteroatoms. The quantitative estimate of drug-likeness (QED) is 0.757. The lowest BCUT2D eigenvalue weighted by molar-refractivity contribution is 0.574. The van der Waals surface area contributed by atoms with Crippen LogP contribution < -0.4 is 11.9 Å². The fourth-order valence-electron chi connectivity index (χ4n) is 1.49. The molecule has 0 saturated carbocycles. The summed E-state index contributed by atoms with van der Waals surface area (Å²) in [6.07, 6.45) is 4.64. The molecule has 1 aromatic rings. The number of nitrogens with two attached hydrogens (primary N) is 1. The molecule has 0 fully saturated rings. The molecule has 0 spiro atoms. The molecule has 0 amide bonds. The monoisotopic (exact) mass is 194 g/mol. The van der Waals surface area contributed by atoms with Crippen molar-refractivity contribution in [1.29, 1.82) is 0 Å². The van der Waals surface area contributed by atoms with Crippen LogP contribution in [0.4, 0.5) is 0 Å². The van der Waals surface area contributed by atoms with Gasteiger partial charge in [0, 0.05) is 6.04 Å². The first kappa shape index (κ1) is 13.1. The maximum Gasteiger partial charge on any atom is 0.00793 e. The van der Waals surface area contributed by atoms with E-state index < -0.39 is 0 Å². The van der Waals surface area contributed by atoms with Gasteiger partial charge in [0.05, 0.1) is 0 Å². The molecule has 0 aliphatic carbocycles. The van der Waals surface area contributed by atoms with Crippen LogP contribution in [0.1, 0.15) is 31.7 Å². The van der Waals surface area contributed by atoms with Crippen LogP contribution in [-0.2, 0) is 6.42 Å². The third kappa shape index (κ3) is 5.00. The molecule has 0 aliphatic heterocycles. The van der Waals surface area contributed by atoms with Crippen molar-refractivity contribution < 1.29 is 0 Å². The van der Waals surface area contributed by atoms with Gasteiger partial charge in [-0.3, -0.25) is 0 Å². The molecule has 1 rings (SSSR count). The summed E-state index contributed by atoms with van der Waals surface area (Å²) in [5, 5.41) is 0. The van der Waals surface area contributed by atoms with Crippen LogP contribution in [0.2, 0.25) is 0 Å². The maximum absolute atomic E-state index is 5.99. The van der Waals surface area contributed by atoms with Crippen molar-refractivity contribution in [1.82, 2.24) is 6.15 Å². The smallest absolute Gasteiger partial charge is 0.00793 e. The predicted octanol–water partition coefficient (Wildman–Crippen LogP) is 2.91. The molecule has 5 N–H and O–H groups in total. The van der Waals surface area contributed by atoms with Gasteiger partial charge in [0.2, 0.25) is 0 Å². The summed E-state index contributed by atoms with van der Waals surface area (Å²) in [6.45, 7) is 2.20. The van der Waals surface area contributed by atoms with E-state index in [0.717, 1.165) is 12.8 Å². The van der Waals surface area contributed by atoms with Crippen LogP contribution in [0.25, 0.3) is 0 Å². The van der Waals surface area contributed by atoms with Crippen LogP contribution in [0.15, 0.2) is 30.3 Å². The van der Waals surface area contributed by atoms with Gasteiger partial charge >= 0.3 is 0 Å². The van der Waals surface area contributed by atoms with Crippen molar-refractivity contribution in [2.45, 2.75) is 38.6 Å². The molecule has 0 bridgehead atoms. The fraction of sp³-hybridized carbons (Fsp3) is 0.500. The molecule has 0 radical (unpaired) electrons. The topological polar surface area (TPSA) is 61.0 Å². The van der Waals surface area contributed by atoms with Crippen molar-refractivity contribution in [3.63, 3.8) is 0 Å². The normalized spacial score (nSPS) is 11.9. The summed E-state index contributed by atoms with van der Waals surface area (Å²) in [6, 6.07) is 10.8. The molecule has 1 atom stereocenters. The van der Waals surface area contributed by atoms with Gasteiger partial charge in [0.25, 0.3) is 0 Å². The summed E-state index contributed by atoms with van der Waals surface area (Å²) in [4.78, 5) is 0. The molecule has 14 heavy (non-hydrogen) atoms. The molecule has 0 heterocycles. The largest absolute Gasteiger partial charge is 0.344 e. The first-order chi connectivity index (χ1) is 6.33. The van der Waals surface area contributed by atoms with Crippen LogP contribution in [0.3, 0.4) is 0 Å². The first-order valence-electron chi connectivity index (χ1n) is 5.12. The highest BCUT2D eigenvalue weighted by atomic mass is 14.6. The Kier molecular flexibility index (Phi) is 7.07. The van der Waals surface area contributed by atoms with Gasteiger partial charge in [-0.05, 0) is 18.4 Å². The molecule has 0 saturated heterocycles. The molecule has 0 aliphatic rings. The maximum atomic E-state index is 5.99. The Bertz CT molecular complexity index is 221. The van der Waals surface area contributed by atoms with Gasteiger partial charge in [-0.25, -0.2) is 0 Å². The molecule has 2 nitrogen and oxygen atoms in total. The lowest BCUT2D eigenvalue weighted by Crippen LogP contribution is -2.22. The number of hydrogen-bond donors (Lipinski definition) is 2. The SMILES string of the molecule is CCCCC(N)Cc1ccccc1.N. The Labute approximate surface area is 87.1 Å². The van der Waals surface area contributed by atoms with Crippen molar-refractivity contribution in [3.8, 4) is 0 Å². The van der Waals surface area contributed by atoms with E-state index >= 15 is 0 Å². The van der Waals surface area contributed by atoms with Gasteiger partial charge in [-0.15, -0.1) is 0 Å². The van der Waals surface area contributed by atoms with E-state index in [9.17, 15) is 0 Å². The highest BCUT2D eigenvalue weighted by molar-refractivity contribution is 5.15. The lowest BCUT2D eigenvalue weighted by atomic mass is 10.0. The molecule has 0 aromatic heterocycles. The summed E-state index contributed by atoms with van der Waals surface area (Å²) in [5.74, 6) is 0. The Morgan fingerprint density at radius 3 is 2.43 bits per heavy atom. The van der Waals surface area contributed by atoms with Gasteiger partial charge in [0.1, 0.15) is 0 Å². The van der Waals surface area contributed by atoms with Gasteiger partial charge in [0.15, 0.2) is 0 Å². The second-order valence-electron chi connectivity index (χ2n) is 3.59. The number of hydrogen-bond acceptors (Lipinski definition) is 2. The minimum Gasteiger partial charge on any atom is -0.344 e. The van der Waals surface area contributed by atoms with Crippen LogP contribution in [0.5, 0.6) is 0 Å². The second-order valence-corrected chi connectivity index (χ2v) is 3.59. The Balaban J connectivity index is 0.00000169. The fourth-order valence-corrected chi connectivity index (χ4v) is 1.49.